The maximum atomic E-state index is 11.1. The summed E-state index contributed by atoms with van der Waals surface area (Å²) in [5.74, 6) is -0.101. The Kier molecular flexibility index (Phi) is 7.32. The first-order chi connectivity index (χ1) is 14.4. The van der Waals surface area contributed by atoms with Crippen LogP contribution in [0.1, 0.15) is 21.5 Å². The van der Waals surface area contributed by atoms with E-state index in [0.717, 1.165) is 11.1 Å². The third-order valence-electron chi connectivity index (χ3n) is 4.28. The number of carboxylic acids is 1. The van der Waals surface area contributed by atoms with Crippen LogP contribution in [0.5, 0.6) is 11.5 Å². The van der Waals surface area contributed by atoms with E-state index in [9.17, 15) is 4.79 Å². The molecule has 2 N–H and O–H groups in total. The predicted octanol–water partition coefficient (Wildman–Crippen LogP) is 6.54. The maximum absolute atomic E-state index is 11.1. The predicted molar refractivity (Wildman–Crippen MR) is 120 cm³/mol. The van der Waals surface area contributed by atoms with E-state index in [2.05, 4.69) is 5.32 Å². The second kappa shape index (κ2) is 9.94. The number of carboxylic acid groups (broad SMARTS) is 1. The third-order valence-corrected chi connectivity index (χ3v) is 5.15. The zero-order chi connectivity index (χ0) is 21.7. The Balaban J connectivity index is 1.73. The van der Waals surface area contributed by atoms with Crippen LogP contribution < -0.4 is 14.8 Å². The number of hydrogen-bond acceptors (Lipinski definition) is 4. The largest absolute Gasteiger partial charge is 0.493 e. The maximum Gasteiger partial charge on any atom is 0.335 e. The first-order valence-corrected chi connectivity index (χ1v) is 10.0. The molecule has 0 fully saturated rings. The van der Waals surface area contributed by atoms with Crippen LogP contribution in [-0.4, -0.2) is 18.2 Å². The van der Waals surface area contributed by atoms with Crippen molar-refractivity contribution in [2.24, 2.45) is 0 Å². The highest BCUT2D eigenvalue weighted by atomic mass is 35.5. The molecular formula is C22H18Cl3NO4. The summed E-state index contributed by atoms with van der Waals surface area (Å²) >= 11 is 18.5. The summed E-state index contributed by atoms with van der Waals surface area (Å²) in [6.45, 7) is 0.619. The van der Waals surface area contributed by atoms with Crippen LogP contribution in [0, 0.1) is 0 Å². The monoisotopic (exact) mass is 465 g/mol. The number of methoxy groups -OCH3 is 1. The zero-order valence-electron chi connectivity index (χ0n) is 15.9. The summed E-state index contributed by atoms with van der Waals surface area (Å²) < 4.78 is 11.3. The molecule has 30 heavy (non-hydrogen) atoms. The Labute approximate surface area is 189 Å². The molecule has 0 heterocycles. The number of nitrogens with one attached hydrogen (secondary N) is 1. The van der Waals surface area contributed by atoms with Gasteiger partial charge in [0.2, 0.25) is 0 Å². The van der Waals surface area contributed by atoms with Gasteiger partial charge in [-0.1, -0.05) is 46.9 Å². The van der Waals surface area contributed by atoms with Crippen molar-refractivity contribution in [3.8, 4) is 11.5 Å². The van der Waals surface area contributed by atoms with Crippen LogP contribution in [0.2, 0.25) is 15.1 Å². The number of hydrogen-bond donors (Lipinski definition) is 2. The molecule has 8 heteroatoms. The van der Waals surface area contributed by atoms with Crippen molar-refractivity contribution in [3.63, 3.8) is 0 Å². The number of benzene rings is 3. The van der Waals surface area contributed by atoms with Gasteiger partial charge in [-0.3, -0.25) is 0 Å². The third kappa shape index (κ3) is 5.51. The van der Waals surface area contributed by atoms with Crippen molar-refractivity contribution in [2.75, 3.05) is 12.4 Å². The van der Waals surface area contributed by atoms with E-state index in [-0.39, 0.29) is 12.2 Å². The van der Waals surface area contributed by atoms with Crippen LogP contribution in [0.4, 0.5) is 5.69 Å². The summed E-state index contributed by atoms with van der Waals surface area (Å²) in [6, 6.07) is 15.3. The molecule has 0 aliphatic carbocycles. The first-order valence-electron chi connectivity index (χ1n) is 8.87. The van der Waals surface area contributed by atoms with Crippen molar-refractivity contribution < 1.29 is 19.4 Å². The van der Waals surface area contributed by atoms with Crippen molar-refractivity contribution >= 4 is 46.5 Å². The summed E-state index contributed by atoms with van der Waals surface area (Å²) in [7, 11) is 1.53. The van der Waals surface area contributed by atoms with Gasteiger partial charge in [0.1, 0.15) is 6.61 Å². The lowest BCUT2D eigenvalue weighted by atomic mass is 10.1. The highest BCUT2D eigenvalue weighted by Gasteiger charge is 2.14. The van der Waals surface area contributed by atoms with Gasteiger partial charge in [-0.25, -0.2) is 4.79 Å². The molecule has 0 unspecified atom stereocenters. The Bertz CT molecular complexity index is 1070. The van der Waals surface area contributed by atoms with Crippen molar-refractivity contribution in [1.29, 1.82) is 0 Å². The van der Waals surface area contributed by atoms with E-state index in [1.807, 2.05) is 0 Å². The normalized spacial score (nSPS) is 10.5. The molecule has 5 nitrogen and oxygen atoms in total. The number of rotatable bonds is 8. The van der Waals surface area contributed by atoms with Gasteiger partial charge in [0.05, 0.1) is 17.7 Å². The van der Waals surface area contributed by atoms with E-state index in [1.165, 1.54) is 13.2 Å². The molecule has 3 aromatic rings. The fraction of sp³-hybridized carbons (Fsp3) is 0.136. The van der Waals surface area contributed by atoms with Crippen LogP contribution >= 0.6 is 34.8 Å². The van der Waals surface area contributed by atoms with Crippen LogP contribution in [0.25, 0.3) is 0 Å². The zero-order valence-corrected chi connectivity index (χ0v) is 18.2. The molecule has 3 aromatic carbocycles. The average Bonchev–Trinajstić information content (AvgIpc) is 2.72. The van der Waals surface area contributed by atoms with Gasteiger partial charge in [-0.2, -0.15) is 0 Å². The van der Waals surface area contributed by atoms with Crippen molar-refractivity contribution in [1.82, 2.24) is 0 Å². The van der Waals surface area contributed by atoms with Gasteiger partial charge in [-0.05, 0) is 48.0 Å². The number of anilines is 1. The van der Waals surface area contributed by atoms with Crippen molar-refractivity contribution in [2.45, 2.75) is 13.2 Å². The highest BCUT2D eigenvalue weighted by molar-refractivity contribution is 6.35. The quantitative estimate of drug-likeness (QED) is 0.394. The lowest BCUT2D eigenvalue weighted by molar-refractivity contribution is 0.0697. The van der Waals surface area contributed by atoms with Gasteiger partial charge in [0.15, 0.2) is 11.5 Å². The van der Waals surface area contributed by atoms with E-state index >= 15 is 0 Å². The molecule has 0 aromatic heterocycles. The molecule has 0 atom stereocenters. The highest BCUT2D eigenvalue weighted by Crippen LogP contribution is 2.37. The minimum absolute atomic E-state index is 0.200. The average molecular weight is 467 g/mol. The second-order valence-corrected chi connectivity index (χ2v) is 7.62. The summed E-state index contributed by atoms with van der Waals surface area (Å²) in [5.41, 5.74) is 2.50. The molecule has 0 bridgehead atoms. The fourth-order valence-corrected chi connectivity index (χ4v) is 3.52. The molecule has 3 rings (SSSR count). The SMILES string of the molecule is COc1cc(CNc2cccc(C(=O)O)c2)cc(Cl)c1OCc1ccc(Cl)cc1Cl. The van der Waals surface area contributed by atoms with E-state index in [1.54, 1.807) is 48.5 Å². The lowest BCUT2D eigenvalue weighted by Crippen LogP contribution is -2.04. The smallest absolute Gasteiger partial charge is 0.335 e. The molecule has 0 amide bonds. The molecular weight excluding hydrogens is 449 g/mol. The van der Waals surface area contributed by atoms with Crippen LogP contribution in [0.3, 0.4) is 0 Å². The summed E-state index contributed by atoms with van der Waals surface area (Å²) in [4.78, 5) is 11.1. The minimum Gasteiger partial charge on any atom is -0.493 e. The number of ether oxygens (including phenoxy) is 2. The van der Waals surface area contributed by atoms with E-state index in [0.29, 0.717) is 38.8 Å². The Morgan fingerprint density at radius 3 is 2.53 bits per heavy atom. The fourth-order valence-electron chi connectivity index (χ4n) is 2.77. The molecule has 0 radical (unpaired) electrons. The molecule has 0 aliphatic rings. The van der Waals surface area contributed by atoms with Crippen molar-refractivity contribution in [3.05, 3.63) is 86.4 Å². The molecule has 156 valence electrons. The minimum atomic E-state index is -0.981. The lowest BCUT2D eigenvalue weighted by Gasteiger charge is -2.15. The van der Waals surface area contributed by atoms with E-state index < -0.39 is 5.97 Å². The molecule has 0 saturated carbocycles. The van der Waals surface area contributed by atoms with Crippen LogP contribution in [-0.2, 0) is 13.2 Å². The van der Waals surface area contributed by atoms with Crippen LogP contribution in [0.15, 0.2) is 54.6 Å². The number of carbonyl (C=O) groups is 1. The van der Waals surface area contributed by atoms with E-state index in [4.69, 9.17) is 49.4 Å². The summed E-state index contributed by atoms with van der Waals surface area (Å²) in [5, 5.41) is 13.7. The molecule has 0 spiro atoms. The second-order valence-electron chi connectivity index (χ2n) is 6.37. The standard InChI is InChI=1S/C22H18Cl3NO4/c1-29-20-8-13(11-26-17-4-2-3-14(9-17)22(27)28)7-19(25)21(20)30-12-15-5-6-16(23)10-18(15)24/h2-10,26H,11-12H2,1H3,(H,27,28). The summed E-state index contributed by atoms with van der Waals surface area (Å²) in [6.07, 6.45) is 0. The topological polar surface area (TPSA) is 67.8 Å². The number of halogens is 3. The molecule has 0 saturated heterocycles. The first kappa shape index (κ1) is 22.1. The Morgan fingerprint density at radius 2 is 1.83 bits per heavy atom. The molecule has 0 aliphatic heterocycles. The van der Waals surface area contributed by atoms with Gasteiger partial charge < -0.3 is 19.9 Å². The van der Waals surface area contributed by atoms with Gasteiger partial charge in [0.25, 0.3) is 0 Å². The Hall–Kier alpha value is -2.60. The Morgan fingerprint density at radius 1 is 1.03 bits per heavy atom. The van der Waals surface area contributed by atoms with Gasteiger partial charge in [-0.15, -0.1) is 0 Å². The van der Waals surface area contributed by atoms with Gasteiger partial charge >= 0.3 is 5.97 Å². The van der Waals surface area contributed by atoms with Gasteiger partial charge in [0, 0.05) is 27.8 Å². The number of aromatic carboxylic acids is 1.